The molecule has 3 N–H and O–H groups in total. The van der Waals surface area contributed by atoms with Gasteiger partial charge in [0.2, 0.25) is 6.17 Å². The molecule has 1 unspecified atom stereocenters. The van der Waals surface area contributed by atoms with E-state index in [0.29, 0.717) is 11.4 Å². The number of nitrogens with zero attached hydrogens (tertiary/aromatic N) is 4. The molecule has 1 aliphatic rings. The van der Waals surface area contributed by atoms with Gasteiger partial charge in [-0.15, -0.1) is 0 Å². The normalized spacial score (nSPS) is 15.1. The maximum Gasteiger partial charge on any atom is 0.215 e. The van der Waals surface area contributed by atoms with Crippen molar-refractivity contribution in [2.75, 3.05) is 16.0 Å². The summed E-state index contributed by atoms with van der Waals surface area (Å²) >= 11 is 0. The Balaban J connectivity index is 1.49. The molecule has 0 bridgehead atoms. The van der Waals surface area contributed by atoms with E-state index in [2.05, 4.69) is 15.3 Å². The van der Waals surface area contributed by atoms with Crippen molar-refractivity contribution in [3.63, 3.8) is 0 Å². The van der Waals surface area contributed by atoms with Crippen LogP contribution in [0.4, 0.5) is 30.4 Å². The molecule has 7 nitrogen and oxygen atoms in total. The smallest absolute Gasteiger partial charge is 0.215 e. The van der Waals surface area contributed by atoms with Crippen molar-refractivity contribution in [1.29, 1.82) is 5.26 Å². The third-order valence-corrected chi connectivity index (χ3v) is 4.41. The number of amidine groups is 1. The molecule has 0 amide bonds. The van der Waals surface area contributed by atoms with E-state index in [0.717, 1.165) is 12.1 Å². The molecule has 10 heteroatoms. The van der Waals surface area contributed by atoms with Gasteiger partial charge in [-0.05, 0) is 36.4 Å². The van der Waals surface area contributed by atoms with Gasteiger partial charge >= 0.3 is 0 Å². The van der Waals surface area contributed by atoms with Gasteiger partial charge in [-0.25, -0.2) is 23.1 Å². The van der Waals surface area contributed by atoms with Crippen molar-refractivity contribution in [3.8, 4) is 17.6 Å². The van der Waals surface area contributed by atoms with Crippen molar-refractivity contribution in [3.05, 3.63) is 84.5 Å². The summed E-state index contributed by atoms with van der Waals surface area (Å²) in [4.78, 5) is 9.30. The zero-order valence-corrected chi connectivity index (χ0v) is 16.3. The van der Waals surface area contributed by atoms with E-state index >= 15 is 0 Å². The second-order valence-electron chi connectivity index (χ2n) is 6.62. The third-order valence-electron chi connectivity index (χ3n) is 4.41. The number of nitrogens with one attached hydrogen (secondary N) is 1. The molecule has 0 saturated carbocycles. The predicted molar refractivity (Wildman–Crippen MR) is 114 cm³/mol. The number of halogens is 3. The van der Waals surface area contributed by atoms with Crippen LogP contribution in [0, 0.1) is 28.8 Å². The van der Waals surface area contributed by atoms with E-state index in [9.17, 15) is 18.4 Å². The molecule has 0 radical (unpaired) electrons. The number of hydrogen-bond acceptors (Lipinski definition) is 7. The summed E-state index contributed by atoms with van der Waals surface area (Å²) in [7, 11) is 0. The Hall–Kier alpha value is -4.52. The SMILES string of the molecule is N#CC1N=C(Nc2ccc(Oc3ccnc(N)c3)c(F)c2)C=CN1c1ccc(F)cc1F. The van der Waals surface area contributed by atoms with Crippen molar-refractivity contribution >= 4 is 23.0 Å². The average molecular weight is 436 g/mol. The summed E-state index contributed by atoms with van der Waals surface area (Å²) in [6.45, 7) is 0. The van der Waals surface area contributed by atoms with E-state index in [1.807, 2.05) is 6.07 Å². The first-order valence-electron chi connectivity index (χ1n) is 9.28. The number of nitrogen functional groups attached to an aromatic ring is 1. The Kier molecular flexibility index (Phi) is 5.63. The maximum atomic E-state index is 14.5. The maximum absolute atomic E-state index is 14.5. The lowest BCUT2D eigenvalue weighted by Gasteiger charge is -2.27. The van der Waals surface area contributed by atoms with Crippen LogP contribution in [-0.4, -0.2) is 17.0 Å². The van der Waals surface area contributed by atoms with Crippen molar-refractivity contribution in [2.24, 2.45) is 4.99 Å². The van der Waals surface area contributed by atoms with Gasteiger partial charge in [0, 0.05) is 36.3 Å². The minimum atomic E-state index is -1.10. The zero-order chi connectivity index (χ0) is 22.7. The molecule has 1 aromatic heterocycles. The van der Waals surface area contributed by atoms with Crippen LogP contribution < -0.4 is 20.7 Å². The number of benzene rings is 2. The Morgan fingerprint density at radius 1 is 1.06 bits per heavy atom. The van der Waals surface area contributed by atoms with Crippen molar-refractivity contribution in [1.82, 2.24) is 4.98 Å². The number of aliphatic imine (C=N–C) groups is 1. The standard InChI is InChI=1S/C22H15F3N6O/c23-13-1-3-18(16(24)9-13)31-8-6-21(30-22(31)12-26)29-14-2-4-19(17(25)10-14)32-15-5-7-28-20(27)11-15/h1-11,22H,(H2,27,28)(H,29,30). The van der Waals surface area contributed by atoms with Crippen LogP contribution in [0.5, 0.6) is 11.5 Å². The molecule has 1 aliphatic heterocycles. The van der Waals surface area contributed by atoms with Gasteiger partial charge in [0.15, 0.2) is 11.6 Å². The Morgan fingerprint density at radius 3 is 2.62 bits per heavy atom. The summed E-state index contributed by atoms with van der Waals surface area (Å²) in [5.74, 6) is -1.38. The number of nitriles is 1. The highest BCUT2D eigenvalue weighted by Gasteiger charge is 2.23. The number of rotatable bonds is 4. The molecular formula is C22H15F3N6O. The molecule has 4 rings (SSSR count). The highest BCUT2D eigenvalue weighted by molar-refractivity contribution is 6.05. The highest BCUT2D eigenvalue weighted by atomic mass is 19.1. The molecule has 32 heavy (non-hydrogen) atoms. The monoisotopic (exact) mass is 436 g/mol. The Labute approximate surface area is 180 Å². The zero-order valence-electron chi connectivity index (χ0n) is 16.3. The van der Waals surface area contributed by atoms with Gasteiger partial charge in [-0.3, -0.25) is 0 Å². The highest BCUT2D eigenvalue weighted by Crippen LogP contribution is 2.28. The molecule has 0 aliphatic carbocycles. The number of nitrogens with two attached hydrogens (primary N) is 1. The summed E-state index contributed by atoms with van der Waals surface area (Å²) in [6, 6.07) is 12.2. The van der Waals surface area contributed by atoms with Crippen LogP contribution in [0.25, 0.3) is 0 Å². The molecule has 0 saturated heterocycles. The number of anilines is 3. The molecule has 1 atom stereocenters. The van der Waals surface area contributed by atoms with Gasteiger partial charge in [0.1, 0.15) is 35.1 Å². The van der Waals surface area contributed by atoms with Crippen molar-refractivity contribution < 1.29 is 17.9 Å². The van der Waals surface area contributed by atoms with Gasteiger partial charge in [0.25, 0.3) is 0 Å². The lowest BCUT2D eigenvalue weighted by Crippen LogP contribution is -2.33. The van der Waals surface area contributed by atoms with Crippen LogP contribution in [0.3, 0.4) is 0 Å². The number of ether oxygens (including phenoxy) is 1. The second kappa shape index (κ2) is 8.69. The molecule has 160 valence electrons. The first kappa shape index (κ1) is 20.7. The molecular weight excluding hydrogens is 421 g/mol. The summed E-state index contributed by atoms with van der Waals surface area (Å²) in [5.41, 5.74) is 5.94. The fraction of sp³-hybridized carbons (Fsp3) is 0.0455. The van der Waals surface area contributed by atoms with Gasteiger partial charge in [-0.1, -0.05) is 0 Å². The first-order valence-corrected chi connectivity index (χ1v) is 9.28. The molecule has 0 fully saturated rings. The summed E-state index contributed by atoms with van der Waals surface area (Å²) in [6.07, 6.45) is 3.26. The fourth-order valence-electron chi connectivity index (χ4n) is 2.96. The number of pyridine rings is 1. The van der Waals surface area contributed by atoms with E-state index in [1.165, 1.54) is 47.6 Å². The minimum absolute atomic E-state index is 0.00120. The van der Waals surface area contributed by atoms with Gasteiger partial charge < -0.3 is 20.7 Å². The van der Waals surface area contributed by atoms with Crippen LogP contribution in [0.15, 0.2) is 72.0 Å². The minimum Gasteiger partial charge on any atom is -0.454 e. The predicted octanol–water partition coefficient (Wildman–Crippen LogP) is 4.57. The quantitative estimate of drug-likeness (QED) is 0.622. The van der Waals surface area contributed by atoms with E-state index in [-0.39, 0.29) is 23.1 Å². The van der Waals surface area contributed by atoms with Crippen LogP contribution >= 0.6 is 0 Å². The van der Waals surface area contributed by atoms with E-state index in [4.69, 9.17) is 10.5 Å². The van der Waals surface area contributed by atoms with Gasteiger partial charge in [-0.2, -0.15) is 5.26 Å². The van der Waals surface area contributed by atoms with Crippen molar-refractivity contribution in [2.45, 2.75) is 6.17 Å². The molecule has 0 spiro atoms. The van der Waals surface area contributed by atoms with E-state index in [1.54, 1.807) is 12.1 Å². The van der Waals surface area contributed by atoms with Crippen LogP contribution in [0.1, 0.15) is 0 Å². The Morgan fingerprint density at radius 2 is 1.91 bits per heavy atom. The lowest BCUT2D eigenvalue weighted by atomic mass is 10.2. The molecule has 2 heterocycles. The number of hydrogen-bond donors (Lipinski definition) is 2. The summed E-state index contributed by atoms with van der Waals surface area (Å²) in [5, 5.41) is 12.3. The lowest BCUT2D eigenvalue weighted by molar-refractivity contribution is 0.442. The van der Waals surface area contributed by atoms with Crippen LogP contribution in [0.2, 0.25) is 0 Å². The molecule has 2 aromatic carbocycles. The number of aromatic nitrogens is 1. The topological polar surface area (TPSA) is 99.6 Å². The fourth-order valence-corrected chi connectivity index (χ4v) is 2.96. The van der Waals surface area contributed by atoms with Gasteiger partial charge in [0.05, 0.1) is 5.69 Å². The largest absolute Gasteiger partial charge is 0.454 e. The summed E-state index contributed by atoms with van der Waals surface area (Å²) < 4.78 is 47.2. The van der Waals surface area contributed by atoms with E-state index < -0.39 is 23.6 Å². The average Bonchev–Trinajstić information content (AvgIpc) is 2.76. The second-order valence-corrected chi connectivity index (χ2v) is 6.62. The first-order chi connectivity index (χ1) is 15.4. The Bertz CT molecular complexity index is 1270. The third kappa shape index (κ3) is 4.46. The molecule has 3 aromatic rings. The van der Waals surface area contributed by atoms with Crippen LogP contribution in [-0.2, 0) is 0 Å².